The van der Waals surface area contributed by atoms with Gasteiger partial charge in [0.15, 0.2) is 0 Å². The number of methoxy groups -OCH3 is 1. The Morgan fingerprint density at radius 2 is 1.87 bits per heavy atom. The number of benzene rings is 2. The van der Waals surface area contributed by atoms with Gasteiger partial charge in [-0.25, -0.2) is 0 Å². The van der Waals surface area contributed by atoms with Gasteiger partial charge in [0, 0.05) is 17.2 Å². The number of rotatable bonds is 5. The number of nitrogens with one attached hydrogen (secondary N) is 1. The highest BCUT2D eigenvalue weighted by atomic mass is 16.6. The fourth-order valence-corrected chi connectivity index (χ4v) is 2.20. The first-order valence-corrected chi connectivity index (χ1v) is 7.12. The summed E-state index contributed by atoms with van der Waals surface area (Å²) < 4.78 is 5.09. The minimum Gasteiger partial charge on any atom is -0.497 e. The van der Waals surface area contributed by atoms with Crippen molar-refractivity contribution in [3.8, 4) is 5.75 Å². The first-order chi connectivity index (χ1) is 10.9. The zero-order valence-corrected chi connectivity index (χ0v) is 13.2. The Morgan fingerprint density at radius 1 is 1.22 bits per heavy atom. The second kappa shape index (κ2) is 6.91. The molecular weight excluding hydrogens is 296 g/mol. The second-order valence-corrected chi connectivity index (χ2v) is 5.23. The quantitative estimate of drug-likeness (QED) is 0.677. The summed E-state index contributed by atoms with van der Waals surface area (Å²) in [6.45, 7) is 3.49. The van der Waals surface area contributed by atoms with Gasteiger partial charge in [-0.1, -0.05) is 18.2 Å². The van der Waals surface area contributed by atoms with Gasteiger partial charge in [0.2, 0.25) is 0 Å². The van der Waals surface area contributed by atoms with E-state index in [-0.39, 0.29) is 23.2 Å². The van der Waals surface area contributed by atoms with Crippen molar-refractivity contribution in [3.63, 3.8) is 0 Å². The standard InChI is InChI=1S/C17H18N2O4/c1-11-4-5-14(10-16(11)19(21)22)17(20)18-12(2)13-6-8-15(23-3)9-7-13/h4-10,12H,1-3H3,(H,18,20)/t12-/m1/s1. The second-order valence-electron chi connectivity index (χ2n) is 5.23. The summed E-state index contributed by atoms with van der Waals surface area (Å²) in [4.78, 5) is 22.8. The van der Waals surface area contributed by atoms with Crippen molar-refractivity contribution in [3.05, 3.63) is 69.3 Å². The van der Waals surface area contributed by atoms with Crippen LogP contribution in [-0.4, -0.2) is 17.9 Å². The lowest BCUT2D eigenvalue weighted by molar-refractivity contribution is -0.385. The molecule has 0 fully saturated rings. The van der Waals surface area contributed by atoms with E-state index in [1.807, 2.05) is 31.2 Å². The largest absolute Gasteiger partial charge is 0.497 e. The number of hydrogen-bond acceptors (Lipinski definition) is 4. The lowest BCUT2D eigenvalue weighted by Gasteiger charge is -2.15. The van der Waals surface area contributed by atoms with Gasteiger partial charge < -0.3 is 10.1 Å². The molecule has 0 aliphatic rings. The van der Waals surface area contributed by atoms with Crippen LogP contribution < -0.4 is 10.1 Å². The maximum atomic E-state index is 12.3. The first-order valence-electron chi connectivity index (χ1n) is 7.12. The predicted octanol–water partition coefficient (Wildman–Crippen LogP) is 3.40. The van der Waals surface area contributed by atoms with E-state index >= 15 is 0 Å². The number of nitro benzene ring substituents is 1. The predicted molar refractivity (Wildman–Crippen MR) is 86.7 cm³/mol. The molecule has 2 aromatic carbocycles. The molecule has 0 heterocycles. The van der Waals surface area contributed by atoms with E-state index < -0.39 is 4.92 Å². The van der Waals surface area contributed by atoms with E-state index in [4.69, 9.17) is 4.74 Å². The van der Waals surface area contributed by atoms with E-state index in [9.17, 15) is 14.9 Å². The highest BCUT2D eigenvalue weighted by Gasteiger charge is 2.16. The van der Waals surface area contributed by atoms with Crippen LogP contribution in [0, 0.1) is 17.0 Å². The average molecular weight is 314 g/mol. The smallest absolute Gasteiger partial charge is 0.273 e. The molecule has 6 nitrogen and oxygen atoms in total. The summed E-state index contributed by atoms with van der Waals surface area (Å²) in [7, 11) is 1.59. The molecule has 1 atom stereocenters. The number of aryl methyl sites for hydroxylation is 1. The number of hydrogen-bond donors (Lipinski definition) is 1. The van der Waals surface area contributed by atoms with Crippen LogP contribution in [-0.2, 0) is 0 Å². The Balaban J connectivity index is 2.14. The summed E-state index contributed by atoms with van der Waals surface area (Å²) in [6.07, 6.45) is 0. The number of nitrogens with zero attached hydrogens (tertiary/aromatic N) is 1. The molecule has 0 bridgehead atoms. The average Bonchev–Trinajstić information content (AvgIpc) is 2.54. The van der Waals surface area contributed by atoms with Gasteiger partial charge in [-0.3, -0.25) is 14.9 Å². The maximum Gasteiger partial charge on any atom is 0.273 e. The fraction of sp³-hybridized carbons (Fsp3) is 0.235. The molecule has 2 aromatic rings. The third kappa shape index (κ3) is 3.85. The van der Waals surface area contributed by atoms with Crippen LogP contribution in [0.3, 0.4) is 0 Å². The molecule has 6 heteroatoms. The summed E-state index contributed by atoms with van der Waals surface area (Å²) in [6, 6.07) is 11.6. The van der Waals surface area contributed by atoms with Crippen molar-refractivity contribution in [1.82, 2.24) is 5.32 Å². The van der Waals surface area contributed by atoms with E-state index in [2.05, 4.69) is 5.32 Å². The van der Waals surface area contributed by atoms with E-state index in [0.29, 0.717) is 5.56 Å². The Morgan fingerprint density at radius 3 is 2.43 bits per heavy atom. The topological polar surface area (TPSA) is 81.5 Å². The van der Waals surface area contributed by atoms with Gasteiger partial charge in [-0.05, 0) is 37.6 Å². The van der Waals surface area contributed by atoms with E-state index in [1.165, 1.54) is 6.07 Å². The SMILES string of the molecule is COc1ccc([C@@H](C)NC(=O)c2ccc(C)c([N+](=O)[O-])c2)cc1. The minimum absolute atomic E-state index is 0.0604. The van der Waals surface area contributed by atoms with Crippen molar-refractivity contribution in [2.75, 3.05) is 7.11 Å². The number of nitro groups is 1. The van der Waals surface area contributed by atoms with Gasteiger partial charge in [0.1, 0.15) is 5.75 Å². The van der Waals surface area contributed by atoms with E-state index in [1.54, 1.807) is 26.2 Å². The molecular formula is C17H18N2O4. The fourth-order valence-electron chi connectivity index (χ4n) is 2.20. The molecule has 0 unspecified atom stereocenters. The maximum absolute atomic E-state index is 12.3. The molecule has 2 rings (SSSR count). The lowest BCUT2D eigenvalue weighted by atomic mass is 10.1. The molecule has 0 aliphatic carbocycles. The summed E-state index contributed by atoms with van der Waals surface area (Å²) >= 11 is 0. The molecule has 0 aliphatic heterocycles. The molecule has 0 aromatic heterocycles. The molecule has 23 heavy (non-hydrogen) atoms. The Kier molecular flexibility index (Phi) is 4.95. The van der Waals surface area contributed by atoms with Crippen LogP contribution in [0.4, 0.5) is 5.69 Å². The van der Waals surface area contributed by atoms with E-state index in [0.717, 1.165) is 11.3 Å². The zero-order chi connectivity index (χ0) is 17.0. The van der Waals surface area contributed by atoms with Gasteiger partial charge in [0.25, 0.3) is 11.6 Å². The number of ether oxygens (including phenoxy) is 1. The van der Waals surface area contributed by atoms with Crippen LogP contribution in [0.25, 0.3) is 0 Å². The minimum atomic E-state index is -0.487. The molecule has 0 radical (unpaired) electrons. The summed E-state index contributed by atoms with van der Waals surface area (Å²) in [5.74, 6) is 0.387. The Labute approximate surface area is 134 Å². The molecule has 1 amide bonds. The van der Waals surface area contributed by atoms with Gasteiger partial charge >= 0.3 is 0 Å². The normalized spacial score (nSPS) is 11.6. The molecule has 0 spiro atoms. The Hall–Kier alpha value is -2.89. The van der Waals surface area contributed by atoms with Crippen LogP contribution in [0.2, 0.25) is 0 Å². The highest BCUT2D eigenvalue weighted by molar-refractivity contribution is 5.95. The molecule has 0 saturated carbocycles. The number of amides is 1. The lowest BCUT2D eigenvalue weighted by Crippen LogP contribution is -2.26. The van der Waals surface area contributed by atoms with Crippen LogP contribution in [0.15, 0.2) is 42.5 Å². The molecule has 120 valence electrons. The molecule has 0 saturated heterocycles. The van der Waals surface area contributed by atoms with Crippen LogP contribution >= 0.6 is 0 Å². The third-order valence-electron chi connectivity index (χ3n) is 3.63. The highest BCUT2D eigenvalue weighted by Crippen LogP contribution is 2.21. The van der Waals surface area contributed by atoms with Crippen LogP contribution in [0.5, 0.6) is 5.75 Å². The zero-order valence-electron chi connectivity index (χ0n) is 13.2. The van der Waals surface area contributed by atoms with Crippen molar-refractivity contribution < 1.29 is 14.5 Å². The van der Waals surface area contributed by atoms with Crippen LogP contribution in [0.1, 0.15) is 34.5 Å². The third-order valence-corrected chi connectivity index (χ3v) is 3.63. The van der Waals surface area contributed by atoms with Gasteiger partial charge in [0.05, 0.1) is 18.1 Å². The summed E-state index contributed by atoms with van der Waals surface area (Å²) in [5, 5.41) is 13.8. The van der Waals surface area contributed by atoms with Crippen molar-refractivity contribution in [2.45, 2.75) is 19.9 Å². The monoisotopic (exact) mass is 314 g/mol. The van der Waals surface area contributed by atoms with Crippen molar-refractivity contribution in [2.24, 2.45) is 0 Å². The Bertz CT molecular complexity index is 726. The summed E-state index contributed by atoms with van der Waals surface area (Å²) in [5.41, 5.74) is 1.65. The number of carbonyl (C=O) groups excluding carboxylic acids is 1. The van der Waals surface area contributed by atoms with Gasteiger partial charge in [-0.2, -0.15) is 0 Å². The molecule has 1 N–H and O–H groups in total. The van der Waals surface area contributed by atoms with Crippen molar-refractivity contribution in [1.29, 1.82) is 0 Å². The first kappa shape index (κ1) is 16.5. The number of carbonyl (C=O) groups is 1. The van der Waals surface area contributed by atoms with Gasteiger partial charge in [-0.15, -0.1) is 0 Å². The van der Waals surface area contributed by atoms with Crippen molar-refractivity contribution >= 4 is 11.6 Å².